The second-order valence-corrected chi connectivity index (χ2v) is 6.99. The number of hydrogen-bond donors (Lipinski definition) is 3. The van der Waals surface area contributed by atoms with E-state index in [-0.39, 0.29) is 5.91 Å². The zero-order chi connectivity index (χ0) is 20.2. The van der Waals surface area contributed by atoms with E-state index in [1.807, 2.05) is 30.3 Å². The molecule has 0 radical (unpaired) electrons. The van der Waals surface area contributed by atoms with Crippen molar-refractivity contribution >= 4 is 28.5 Å². The number of rotatable bonds is 5. The molecule has 0 saturated carbocycles. The third-order valence-electron chi connectivity index (χ3n) is 5.18. The molecule has 3 N–H and O–H groups in total. The number of aromatic nitrogens is 2. The number of nitrogens with one attached hydrogen (secondary N) is 2. The van der Waals surface area contributed by atoms with Crippen LogP contribution in [-0.2, 0) is 4.79 Å². The van der Waals surface area contributed by atoms with Gasteiger partial charge in [0.05, 0.1) is 24.0 Å². The zero-order valence-electron chi connectivity index (χ0n) is 15.9. The lowest BCUT2D eigenvalue weighted by Gasteiger charge is -2.37. The number of aliphatic hydroxyl groups is 1. The van der Waals surface area contributed by atoms with E-state index >= 15 is 0 Å². The van der Waals surface area contributed by atoms with Gasteiger partial charge < -0.3 is 25.2 Å². The second kappa shape index (κ2) is 8.32. The van der Waals surface area contributed by atoms with Gasteiger partial charge in [-0.15, -0.1) is 0 Å². The summed E-state index contributed by atoms with van der Waals surface area (Å²) < 4.78 is 0. The number of nitrogens with zero attached hydrogens (tertiary/aromatic N) is 3. The van der Waals surface area contributed by atoms with Crippen LogP contribution in [0.4, 0.5) is 5.69 Å². The number of imidazole rings is 1. The van der Waals surface area contributed by atoms with Crippen molar-refractivity contribution in [2.24, 2.45) is 0 Å². The second-order valence-electron chi connectivity index (χ2n) is 6.99. The van der Waals surface area contributed by atoms with Crippen LogP contribution < -0.4 is 10.2 Å². The zero-order valence-corrected chi connectivity index (χ0v) is 15.9. The third-order valence-corrected chi connectivity index (χ3v) is 5.18. The molecule has 0 bridgehead atoms. The van der Waals surface area contributed by atoms with Crippen molar-refractivity contribution < 1.29 is 14.7 Å². The van der Waals surface area contributed by atoms with Gasteiger partial charge in [0.15, 0.2) is 0 Å². The van der Waals surface area contributed by atoms with E-state index < -0.39 is 18.6 Å². The Hall–Kier alpha value is -3.39. The molecule has 150 valence electrons. The normalized spacial score (nSPS) is 15.3. The number of anilines is 1. The smallest absolute Gasteiger partial charge is 0.252 e. The number of amides is 2. The fourth-order valence-corrected chi connectivity index (χ4v) is 3.55. The summed E-state index contributed by atoms with van der Waals surface area (Å²) in [6.45, 7) is 2.05. The average Bonchev–Trinajstić information content (AvgIpc) is 3.25. The molecule has 0 aliphatic carbocycles. The lowest BCUT2D eigenvalue weighted by atomic mass is 10.1. The molecule has 1 fully saturated rings. The fourth-order valence-electron chi connectivity index (χ4n) is 3.55. The van der Waals surface area contributed by atoms with Crippen LogP contribution in [0.1, 0.15) is 10.4 Å². The summed E-state index contributed by atoms with van der Waals surface area (Å²) in [7, 11) is 0. The number of carbonyl (C=O) groups is 2. The first-order chi connectivity index (χ1) is 14.2. The Morgan fingerprint density at radius 2 is 1.86 bits per heavy atom. The molecule has 0 unspecified atom stereocenters. The first-order valence-corrected chi connectivity index (χ1v) is 9.59. The molecule has 2 aromatic carbocycles. The Bertz CT molecular complexity index is 996. The van der Waals surface area contributed by atoms with E-state index in [2.05, 4.69) is 20.2 Å². The first kappa shape index (κ1) is 18.9. The summed E-state index contributed by atoms with van der Waals surface area (Å²) in [4.78, 5) is 36.4. The minimum atomic E-state index is -0.969. The van der Waals surface area contributed by atoms with Crippen LogP contribution in [0.2, 0.25) is 0 Å². The predicted octanol–water partition coefficient (Wildman–Crippen LogP) is 1.00. The Balaban J connectivity index is 1.37. The van der Waals surface area contributed by atoms with E-state index in [1.165, 1.54) is 0 Å². The molecule has 1 saturated heterocycles. The Morgan fingerprint density at radius 3 is 2.59 bits per heavy atom. The molecular weight excluding hydrogens is 370 g/mol. The molecule has 1 aliphatic rings. The maximum atomic E-state index is 12.8. The predicted molar refractivity (Wildman–Crippen MR) is 110 cm³/mol. The maximum Gasteiger partial charge on any atom is 0.252 e. The van der Waals surface area contributed by atoms with Crippen molar-refractivity contribution in [3.05, 3.63) is 60.4 Å². The van der Waals surface area contributed by atoms with Gasteiger partial charge >= 0.3 is 0 Å². The summed E-state index contributed by atoms with van der Waals surface area (Å²) in [6, 6.07) is 14.1. The summed E-state index contributed by atoms with van der Waals surface area (Å²) in [6.07, 6.45) is 1.56. The summed E-state index contributed by atoms with van der Waals surface area (Å²) in [5.41, 5.74) is 3.02. The molecule has 2 heterocycles. The topological polar surface area (TPSA) is 102 Å². The minimum Gasteiger partial charge on any atom is -0.394 e. The van der Waals surface area contributed by atoms with E-state index in [0.717, 1.165) is 16.7 Å². The lowest BCUT2D eigenvalue weighted by molar-refractivity contribution is -0.134. The number of carbonyl (C=O) groups excluding carboxylic acids is 2. The van der Waals surface area contributed by atoms with Crippen LogP contribution in [0.3, 0.4) is 0 Å². The Morgan fingerprint density at radius 1 is 1.10 bits per heavy atom. The Kier molecular flexibility index (Phi) is 5.44. The molecule has 8 nitrogen and oxygen atoms in total. The number of para-hydroxylation sites is 1. The van der Waals surface area contributed by atoms with Crippen molar-refractivity contribution in [3.8, 4) is 0 Å². The molecule has 2 amide bonds. The average molecular weight is 393 g/mol. The van der Waals surface area contributed by atoms with Crippen LogP contribution in [0, 0.1) is 0 Å². The maximum absolute atomic E-state index is 12.8. The van der Waals surface area contributed by atoms with Crippen molar-refractivity contribution in [3.63, 3.8) is 0 Å². The Labute approximate surface area is 168 Å². The fraction of sp³-hybridized carbons (Fsp3) is 0.286. The third kappa shape index (κ3) is 4.07. The van der Waals surface area contributed by atoms with Gasteiger partial charge in [0.2, 0.25) is 5.91 Å². The summed E-state index contributed by atoms with van der Waals surface area (Å²) in [5, 5.41) is 12.4. The molecular formula is C21H23N5O3. The summed E-state index contributed by atoms with van der Waals surface area (Å²) in [5.74, 6) is -0.673. The highest BCUT2D eigenvalue weighted by Crippen LogP contribution is 2.16. The highest BCUT2D eigenvalue weighted by molar-refractivity contribution is 5.99. The molecule has 8 heteroatoms. The number of piperazine rings is 1. The van der Waals surface area contributed by atoms with E-state index in [0.29, 0.717) is 31.7 Å². The lowest BCUT2D eigenvalue weighted by Crippen LogP contribution is -2.56. The van der Waals surface area contributed by atoms with Crippen LogP contribution >= 0.6 is 0 Å². The van der Waals surface area contributed by atoms with E-state index in [1.54, 1.807) is 29.4 Å². The molecule has 4 rings (SSSR count). The number of aliphatic hydroxyl groups excluding tert-OH is 1. The number of H-pyrrole nitrogens is 1. The monoisotopic (exact) mass is 393 g/mol. The van der Waals surface area contributed by atoms with Gasteiger partial charge in [-0.05, 0) is 30.3 Å². The minimum absolute atomic E-state index is 0.267. The number of benzene rings is 2. The number of aromatic amines is 1. The highest BCUT2D eigenvalue weighted by atomic mass is 16.3. The number of fused-ring (bicyclic) bond motifs is 1. The van der Waals surface area contributed by atoms with Crippen LogP contribution in [0.5, 0.6) is 0 Å². The van der Waals surface area contributed by atoms with Crippen LogP contribution in [0.15, 0.2) is 54.9 Å². The highest BCUT2D eigenvalue weighted by Gasteiger charge is 2.28. The van der Waals surface area contributed by atoms with Gasteiger partial charge in [0.25, 0.3) is 5.91 Å². The van der Waals surface area contributed by atoms with Gasteiger partial charge in [-0.1, -0.05) is 18.2 Å². The van der Waals surface area contributed by atoms with Gasteiger partial charge in [-0.2, -0.15) is 0 Å². The molecule has 1 atom stereocenters. The molecule has 3 aromatic rings. The standard InChI is InChI=1S/C21H23N5O3/c27-13-19(24-20(28)15-6-7-17-18(12-15)23-14-22-17)21(29)26-10-8-25(9-11-26)16-4-2-1-3-5-16/h1-7,12,14,19,27H,8-11,13H2,(H,22,23)(H,24,28)/t19-/m0/s1. The van der Waals surface area contributed by atoms with Crippen LogP contribution in [-0.4, -0.2) is 70.6 Å². The first-order valence-electron chi connectivity index (χ1n) is 9.59. The molecule has 1 aromatic heterocycles. The van der Waals surface area contributed by atoms with Gasteiger partial charge in [0.1, 0.15) is 6.04 Å². The van der Waals surface area contributed by atoms with Crippen molar-refractivity contribution in [1.82, 2.24) is 20.2 Å². The summed E-state index contributed by atoms with van der Waals surface area (Å²) >= 11 is 0. The molecule has 29 heavy (non-hydrogen) atoms. The van der Waals surface area contributed by atoms with Crippen molar-refractivity contribution in [1.29, 1.82) is 0 Å². The van der Waals surface area contributed by atoms with Crippen LogP contribution in [0.25, 0.3) is 11.0 Å². The van der Waals surface area contributed by atoms with E-state index in [9.17, 15) is 14.7 Å². The van der Waals surface area contributed by atoms with Gasteiger partial charge in [-0.25, -0.2) is 4.98 Å². The van der Waals surface area contributed by atoms with Crippen molar-refractivity contribution in [2.45, 2.75) is 6.04 Å². The quantitative estimate of drug-likeness (QED) is 0.600. The molecule has 0 spiro atoms. The van der Waals surface area contributed by atoms with E-state index in [4.69, 9.17) is 0 Å². The molecule has 1 aliphatic heterocycles. The van der Waals surface area contributed by atoms with Crippen molar-refractivity contribution in [2.75, 3.05) is 37.7 Å². The number of hydrogen-bond acceptors (Lipinski definition) is 5. The largest absolute Gasteiger partial charge is 0.394 e. The SMILES string of the molecule is O=C(N[C@@H](CO)C(=O)N1CCN(c2ccccc2)CC1)c1ccc2nc[nH]c2c1. The van der Waals surface area contributed by atoms with Gasteiger partial charge in [-0.3, -0.25) is 9.59 Å². The van der Waals surface area contributed by atoms with Gasteiger partial charge in [0, 0.05) is 37.4 Å².